The molecule has 1 aliphatic heterocycles. The minimum atomic E-state index is -0.128. The zero-order valence-corrected chi connectivity index (χ0v) is 15.4. The molecule has 7 heteroatoms. The van der Waals surface area contributed by atoms with Crippen LogP contribution < -0.4 is 15.4 Å². The van der Waals surface area contributed by atoms with E-state index in [0.717, 1.165) is 25.9 Å². The van der Waals surface area contributed by atoms with Gasteiger partial charge >= 0.3 is 0 Å². The van der Waals surface area contributed by atoms with Crippen molar-refractivity contribution in [3.05, 3.63) is 72.3 Å². The molecule has 1 aromatic carbocycles. The lowest BCUT2D eigenvalue weighted by Crippen LogP contribution is -2.40. The third kappa shape index (κ3) is 3.99. The average Bonchev–Trinajstić information content (AvgIpc) is 2.75. The van der Waals surface area contributed by atoms with Crippen LogP contribution in [-0.4, -0.2) is 39.9 Å². The first-order chi connectivity index (χ1) is 13.7. The van der Waals surface area contributed by atoms with Crippen LogP contribution in [0.25, 0.3) is 0 Å². The van der Waals surface area contributed by atoms with Gasteiger partial charge in [0.05, 0.1) is 0 Å². The Balaban J connectivity index is 1.50. The number of ether oxygens (including phenoxy) is 1. The van der Waals surface area contributed by atoms with Gasteiger partial charge in [0.2, 0.25) is 5.78 Å². The molecule has 0 spiro atoms. The number of pyridine rings is 1. The number of rotatable bonds is 5. The second-order valence-electron chi connectivity index (χ2n) is 6.68. The van der Waals surface area contributed by atoms with Crippen molar-refractivity contribution in [2.75, 3.05) is 18.0 Å². The molecule has 3 heterocycles. The molecule has 4 rings (SSSR count). The van der Waals surface area contributed by atoms with E-state index in [1.807, 2.05) is 0 Å². The molecule has 0 radical (unpaired) electrons. The quantitative estimate of drug-likeness (QED) is 0.685. The highest BCUT2D eigenvalue weighted by Gasteiger charge is 2.21. The first-order valence-corrected chi connectivity index (χ1v) is 9.26. The molecule has 0 atom stereocenters. The lowest BCUT2D eigenvalue weighted by molar-refractivity contribution is 0.103. The van der Waals surface area contributed by atoms with E-state index in [4.69, 9.17) is 10.5 Å². The van der Waals surface area contributed by atoms with E-state index in [9.17, 15) is 4.79 Å². The molecule has 1 saturated heterocycles. The van der Waals surface area contributed by atoms with Crippen molar-refractivity contribution in [2.24, 2.45) is 5.73 Å². The van der Waals surface area contributed by atoms with Gasteiger partial charge in [-0.2, -0.15) is 0 Å². The summed E-state index contributed by atoms with van der Waals surface area (Å²) < 4.78 is 5.96. The largest absolute Gasteiger partial charge is 0.436 e. The molecule has 3 aromatic rings. The zero-order chi connectivity index (χ0) is 19.3. The van der Waals surface area contributed by atoms with Crippen molar-refractivity contribution in [1.82, 2.24) is 15.0 Å². The molecule has 1 aliphatic rings. The van der Waals surface area contributed by atoms with Gasteiger partial charge in [-0.1, -0.05) is 6.07 Å². The fourth-order valence-electron chi connectivity index (χ4n) is 3.15. The molecule has 0 bridgehead atoms. The number of hydrogen-bond donors (Lipinski definition) is 1. The number of ketones is 1. The van der Waals surface area contributed by atoms with Crippen LogP contribution in [0, 0.1) is 0 Å². The SMILES string of the molecule is NC1CCN(c2nccnc2Oc2ccc(C(=O)c3ccccn3)cc2)CC1. The van der Waals surface area contributed by atoms with Gasteiger partial charge in [-0.15, -0.1) is 0 Å². The predicted molar refractivity (Wildman–Crippen MR) is 106 cm³/mol. The van der Waals surface area contributed by atoms with Crippen LogP contribution >= 0.6 is 0 Å². The summed E-state index contributed by atoms with van der Waals surface area (Å²) in [4.78, 5) is 27.5. The molecule has 2 aromatic heterocycles. The van der Waals surface area contributed by atoms with Crippen LogP contribution in [0.5, 0.6) is 11.6 Å². The highest BCUT2D eigenvalue weighted by atomic mass is 16.5. The van der Waals surface area contributed by atoms with Crippen LogP contribution in [0.2, 0.25) is 0 Å². The van der Waals surface area contributed by atoms with Gasteiger partial charge in [0, 0.05) is 43.3 Å². The van der Waals surface area contributed by atoms with E-state index < -0.39 is 0 Å². The molecule has 0 aliphatic carbocycles. The summed E-state index contributed by atoms with van der Waals surface area (Å²) in [5, 5.41) is 0. The average molecular weight is 375 g/mol. The normalized spacial score (nSPS) is 14.7. The number of aromatic nitrogens is 3. The minimum absolute atomic E-state index is 0.128. The number of nitrogens with two attached hydrogens (primary N) is 1. The predicted octanol–water partition coefficient (Wildman–Crippen LogP) is 2.82. The molecule has 0 saturated carbocycles. The molecule has 7 nitrogen and oxygen atoms in total. The number of carbonyl (C=O) groups is 1. The Morgan fingerprint density at radius 2 is 1.71 bits per heavy atom. The van der Waals surface area contributed by atoms with Crippen LogP contribution in [0.15, 0.2) is 61.1 Å². The third-order valence-corrected chi connectivity index (χ3v) is 4.71. The molecular weight excluding hydrogens is 354 g/mol. The summed E-state index contributed by atoms with van der Waals surface area (Å²) in [6, 6.07) is 12.5. The molecule has 1 fully saturated rings. The van der Waals surface area contributed by atoms with E-state index in [1.54, 1.807) is 61.1 Å². The Hall–Kier alpha value is -3.32. The van der Waals surface area contributed by atoms with Crippen molar-refractivity contribution < 1.29 is 9.53 Å². The van der Waals surface area contributed by atoms with Gasteiger partial charge in [-0.05, 0) is 49.2 Å². The second kappa shape index (κ2) is 8.14. The molecule has 28 heavy (non-hydrogen) atoms. The van der Waals surface area contributed by atoms with Crippen molar-refractivity contribution in [1.29, 1.82) is 0 Å². The number of piperidine rings is 1. The van der Waals surface area contributed by atoms with Gasteiger partial charge < -0.3 is 15.4 Å². The maximum atomic E-state index is 12.5. The molecule has 2 N–H and O–H groups in total. The van der Waals surface area contributed by atoms with Crippen molar-refractivity contribution in [3.8, 4) is 11.6 Å². The number of benzene rings is 1. The van der Waals surface area contributed by atoms with Gasteiger partial charge in [-0.25, -0.2) is 9.97 Å². The van der Waals surface area contributed by atoms with E-state index in [-0.39, 0.29) is 11.8 Å². The van der Waals surface area contributed by atoms with Crippen molar-refractivity contribution in [3.63, 3.8) is 0 Å². The van der Waals surface area contributed by atoms with E-state index in [1.165, 1.54) is 0 Å². The molecule has 0 unspecified atom stereocenters. The second-order valence-corrected chi connectivity index (χ2v) is 6.68. The van der Waals surface area contributed by atoms with Crippen molar-refractivity contribution >= 4 is 11.6 Å². The molecule has 142 valence electrons. The fraction of sp³-hybridized carbons (Fsp3) is 0.238. The highest BCUT2D eigenvalue weighted by molar-refractivity contribution is 6.07. The van der Waals surface area contributed by atoms with Gasteiger partial charge in [-0.3, -0.25) is 9.78 Å². The summed E-state index contributed by atoms with van der Waals surface area (Å²) in [6.45, 7) is 1.65. The maximum absolute atomic E-state index is 12.5. The van der Waals surface area contributed by atoms with E-state index >= 15 is 0 Å². The lowest BCUT2D eigenvalue weighted by Gasteiger charge is -2.31. The van der Waals surface area contributed by atoms with Gasteiger partial charge in [0.1, 0.15) is 11.4 Å². The maximum Gasteiger partial charge on any atom is 0.263 e. The molecular formula is C21H21N5O2. The van der Waals surface area contributed by atoms with Gasteiger partial charge in [0.25, 0.3) is 5.88 Å². The van der Waals surface area contributed by atoms with Gasteiger partial charge in [0.15, 0.2) is 5.82 Å². The number of nitrogens with zero attached hydrogens (tertiary/aromatic N) is 4. The summed E-state index contributed by atoms with van der Waals surface area (Å²) in [7, 11) is 0. The lowest BCUT2D eigenvalue weighted by atomic mass is 10.1. The van der Waals surface area contributed by atoms with Crippen molar-refractivity contribution in [2.45, 2.75) is 18.9 Å². The smallest absolute Gasteiger partial charge is 0.263 e. The first-order valence-electron chi connectivity index (χ1n) is 9.26. The standard InChI is InChI=1S/C21H21N5O2/c22-16-8-13-26(14-9-16)20-21(25-12-11-24-20)28-17-6-4-15(5-7-17)19(27)18-3-1-2-10-23-18/h1-7,10-12,16H,8-9,13-14,22H2. The summed E-state index contributed by atoms with van der Waals surface area (Å²) in [5.41, 5.74) is 6.96. The number of hydrogen-bond acceptors (Lipinski definition) is 7. The Morgan fingerprint density at radius 1 is 0.964 bits per heavy atom. The van der Waals surface area contributed by atoms with Crippen LogP contribution in [0.4, 0.5) is 5.82 Å². The summed E-state index contributed by atoms with van der Waals surface area (Å²) in [5.74, 6) is 1.62. The van der Waals surface area contributed by atoms with Crippen LogP contribution in [0.1, 0.15) is 28.9 Å². The minimum Gasteiger partial charge on any atom is -0.436 e. The van der Waals surface area contributed by atoms with Crippen LogP contribution in [0.3, 0.4) is 0 Å². The zero-order valence-electron chi connectivity index (χ0n) is 15.4. The highest BCUT2D eigenvalue weighted by Crippen LogP contribution is 2.29. The Kier molecular flexibility index (Phi) is 5.25. The fourth-order valence-corrected chi connectivity index (χ4v) is 3.15. The summed E-state index contributed by atoms with van der Waals surface area (Å²) >= 11 is 0. The van der Waals surface area contributed by atoms with E-state index in [2.05, 4.69) is 19.9 Å². The Bertz CT molecular complexity index is 939. The monoisotopic (exact) mass is 375 g/mol. The van der Waals surface area contributed by atoms with E-state index in [0.29, 0.717) is 28.7 Å². The summed E-state index contributed by atoms with van der Waals surface area (Å²) in [6.07, 6.45) is 6.70. The number of carbonyl (C=O) groups excluding carboxylic acids is 1. The molecule has 0 amide bonds. The third-order valence-electron chi connectivity index (χ3n) is 4.71. The Labute approximate surface area is 163 Å². The number of anilines is 1. The first kappa shape index (κ1) is 18.1. The van der Waals surface area contributed by atoms with Crippen LogP contribution in [-0.2, 0) is 0 Å². The topological polar surface area (TPSA) is 94.2 Å². The Morgan fingerprint density at radius 3 is 2.43 bits per heavy atom.